The van der Waals surface area contributed by atoms with Gasteiger partial charge in [0, 0.05) is 17.5 Å². The molecule has 122 valence electrons. The van der Waals surface area contributed by atoms with Gasteiger partial charge >= 0.3 is 5.97 Å². The van der Waals surface area contributed by atoms with Gasteiger partial charge < -0.3 is 14.7 Å². The van der Waals surface area contributed by atoms with E-state index in [1.807, 2.05) is 31.2 Å². The largest absolute Gasteiger partial charge is 0.497 e. The Kier molecular flexibility index (Phi) is 5.70. The number of nitrogens with zero attached hydrogens (tertiary/aromatic N) is 2. The van der Waals surface area contributed by atoms with Crippen molar-refractivity contribution in [3.05, 3.63) is 35.3 Å². The van der Waals surface area contributed by atoms with E-state index < -0.39 is 5.97 Å². The van der Waals surface area contributed by atoms with Gasteiger partial charge in [-0.25, -0.2) is 4.98 Å². The monoisotopic (exact) mass is 334 g/mol. The van der Waals surface area contributed by atoms with Crippen LogP contribution in [0.5, 0.6) is 5.75 Å². The number of hydrogen-bond acceptors (Lipinski definition) is 5. The molecule has 0 atom stereocenters. The molecule has 1 aromatic carbocycles. The number of methoxy groups -OCH3 is 1. The molecule has 0 radical (unpaired) electrons. The Bertz CT molecular complexity index is 682. The minimum Gasteiger partial charge on any atom is -0.497 e. The van der Waals surface area contributed by atoms with Crippen molar-refractivity contribution in [1.29, 1.82) is 0 Å². The molecule has 0 aliphatic rings. The molecule has 23 heavy (non-hydrogen) atoms. The predicted octanol–water partition coefficient (Wildman–Crippen LogP) is 2.76. The second-order valence-electron chi connectivity index (χ2n) is 4.89. The first-order valence-electron chi connectivity index (χ1n) is 7.16. The third kappa shape index (κ3) is 4.29. The Labute approximate surface area is 138 Å². The zero-order valence-electron chi connectivity index (χ0n) is 13.0. The molecule has 1 aromatic heterocycles. The van der Waals surface area contributed by atoms with Crippen LogP contribution >= 0.6 is 11.3 Å². The van der Waals surface area contributed by atoms with Crippen LogP contribution in [0.2, 0.25) is 0 Å². The van der Waals surface area contributed by atoms with Crippen molar-refractivity contribution in [3.8, 4) is 16.3 Å². The first-order valence-corrected chi connectivity index (χ1v) is 8.04. The topological polar surface area (TPSA) is 79.7 Å². The number of benzene rings is 1. The fourth-order valence-corrected chi connectivity index (χ4v) is 2.89. The Morgan fingerprint density at radius 3 is 2.57 bits per heavy atom. The lowest BCUT2D eigenvalue weighted by atomic mass is 10.2. The van der Waals surface area contributed by atoms with Gasteiger partial charge in [0.15, 0.2) is 0 Å². The van der Waals surface area contributed by atoms with Crippen LogP contribution in [0.3, 0.4) is 0 Å². The van der Waals surface area contributed by atoms with E-state index in [1.54, 1.807) is 12.5 Å². The van der Waals surface area contributed by atoms with E-state index in [-0.39, 0.29) is 18.1 Å². The normalized spacial score (nSPS) is 10.3. The third-order valence-electron chi connectivity index (χ3n) is 3.17. The maximum Gasteiger partial charge on any atom is 0.323 e. The molecule has 0 aliphatic carbocycles. The Morgan fingerprint density at radius 1 is 1.30 bits per heavy atom. The number of thiazole rings is 1. The minimum absolute atomic E-state index is 0.274. The number of hydrogen-bond donors (Lipinski definition) is 1. The minimum atomic E-state index is -1.03. The summed E-state index contributed by atoms with van der Waals surface area (Å²) in [7, 11) is 1.60. The molecule has 0 aliphatic heterocycles. The van der Waals surface area contributed by atoms with Crippen LogP contribution in [0.25, 0.3) is 10.6 Å². The van der Waals surface area contributed by atoms with Crippen LogP contribution in [0.4, 0.5) is 0 Å². The van der Waals surface area contributed by atoms with Crippen LogP contribution in [0, 0.1) is 0 Å². The van der Waals surface area contributed by atoms with Crippen molar-refractivity contribution in [2.75, 3.05) is 20.2 Å². The lowest BCUT2D eigenvalue weighted by Gasteiger charge is -2.18. The summed E-state index contributed by atoms with van der Waals surface area (Å²) in [5, 5.41) is 11.3. The van der Waals surface area contributed by atoms with Gasteiger partial charge in [0.2, 0.25) is 0 Å². The van der Waals surface area contributed by atoms with Crippen molar-refractivity contribution < 1.29 is 19.4 Å². The average molecular weight is 334 g/mol. The van der Waals surface area contributed by atoms with Gasteiger partial charge in [-0.05, 0) is 30.7 Å². The standard InChI is InChI=1S/C16H18N2O4S/c1-3-8-18(9-14(19)20)16(21)13-10-23-15(17-13)11-4-6-12(22-2)7-5-11/h4-7,10H,3,8-9H2,1-2H3,(H,19,20). The van der Waals surface area contributed by atoms with E-state index in [0.29, 0.717) is 18.0 Å². The zero-order valence-corrected chi connectivity index (χ0v) is 13.8. The molecule has 2 aromatic rings. The van der Waals surface area contributed by atoms with Gasteiger partial charge in [-0.3, -0.25) is 9.59 Å². The summed E-state index contributed by atoms with van der Waals surface area (Å²) < 4.78 is 5.11. The number of carboxylic acids is 1. The number of carboxylic acid groups (broad SMARTS) is 1. The summed E-state index contributed by atoms with van der Waals surface area (Å²) in [6, 6.07) is 7.39. The van der Waals surface area contributed by atoms with E-state index >= 15 is 0 Å². The number of rotatable bonds is 7. The summed E-state index contributed by atoms with van der Waals surface area (Å²) >= 11 is 1.35. The molecule has 7 heteroatoms. The van der Waals surface area contributed by atoms with E-state index in [1.165, 1.54) is 16.2 Å². The fourth-order valence-electron chi connectivity index (χ4n) is 2.09. The van der Waals surface area contributed by atoms with Crippen LogP contribution in [0.1, 0.15) is 23.8 Å². The highest BCUT2D eigenvalue weighted by atomic mass is 32.1. The van der Waals surface area contributed by atoms with Gasteiger partial charge in [0.25, 0.3) is 5.91 Å². The summed E-state index contributed by atoms with van der Waals surface area (Å²) in [5.74, 6) is -0.639. The molecular weight excluding hydrogens is 316 g/mol. The molecule has 6 nitrogen and oxygen atoms in total. The maximum absolute atomic E-state index is 12.4. The fraction of sp³-hybridized carbons (Fsp3) is 0.312. The first kappa shape index (κ1) is 17.0. The average Bonchev–Trinajstić information content (AvgIpc) is 3.03. The van der Waals surface area contributed by atoms with E-state index in [9.17, 15) is 9.59 Å². The predicted molar refractivity (Wildman–Crippen MR) is 87.9 cm³/mol. The first-order chi connectivity index (χ1) is 11.0. The number of ether oxygens (including phenoxy) is 1. The van der Waals surface area contributed by atoms with E-state index in [2.05, 4.69) is 4.98 Å². The van der Waals surface area contributed by atoms with Crippen molar-refractivity contribution in [2.45, 2.75) is 13.3 Å². The quantitative estimate of drug-likeness (QED) is 0.842. The summed E-state index contributed by atoms with van der Waals surface area (Å²) in [5.41, 5.74) is 1.16. The van der Waals surface area contributed by atoms with Gasteiger partial charge in [0.05, 0.1) is 7.11 Å². The number of carbonyl (C=O) groups is 2. The van der Waals surface area contributed by atoms with Crippen LogP contribution in [0.15, 0.2) is 29.6 Å². The highest BCUT2D eigenvalue weighted by molar-refractivity contribution is 7.13. The SMILES string of the molecule is CCCN(CC(=O)O)C(=O)c1csc(-c2ccc(OC)cc2)n1. The summed E-state index contributed by atoms with van der Waals surface area (Å²) in [6.45, 7) is 1.97. The molecule has 0 fully saturated rings. The molecule has 2 rings (SSSR count). The third-order valence-corrected chi connectivity index (χ3v) is 4.06. The molecule has 0 bridgehead atoms. The lowest BCUT2D eigenvalue weighted by Crippen LogP contribution is -2.36. The highest BCUT2D eigenvalue weighted by Gasteiger charge is 2.20. The molecule has 0 saturated carbocycles. The molecule has 1 amide bonds. The van der Waals surface area contributed by atoms with E-state index in [0.717, 1.165) is 11.3 Å². The number of aliphatic carboxylic acids is 1. The van der Waals surface area contributed by atoms with Crippen molar-refractivity contribution in [2.24, 2.45) is 0 Å². The van der Waals surface area contributed by atoms with Crippen molar-refractivity contribution in [1.82, 2.24) is 9.88 Å². The van der Waals surface area contributed by atoms with Crippen molar-refractivity contribution >= 4 is 23.2 Å². The van der Waals surface area contributed by atoms with Crippen molar-refractivity contribution in [3.63, 3.8) is 0 Å². The number of amides is 1. The zero-order chi connectivity index (χ0) is 16.8. The molecule has 0 unspecified atom stereocenters. The molecular formula is C16H18N2O4S. The van der Waals surface area contributed by atoms with Crippen LogP contribution in [-0.4, -0.2) is 47.1 Å². The van der Waals surface area contributed by atoms with E-state index in [4.69, 9.17) is 9.84 Å². The summed E-state index contributed by atoms with van der Waals surface area (Å²) in [4.78, 5) is 28.9. The second kappa shape index (κ2) is 7.73. The highest BCUT2D eigenvalue weighted by Crippen LogP contribution is 2.26. The molecule has 0 saturated heterocycles. The van der Waals surface area contributed by atoms with Gasteiger partial charge in [-0.15, -0.1) is 11.3 Å². The molecule has 0 spiro atoms. The number of carbonyl (C=O) groups excluding carboxylic acids is 1. The van der Waals surface area contributed by atoms with Crippen LogP contribution in [-0.2, 0) is 4.79 Å². The Hall–Kier alpha value is -2.41. The molecule has 1 heterocycles. The van der Waals surface area contributed by atoms with Crippen LogP contribution < -0.4 is 4.74 Å². The molecule has 1 N–H and O–H groups in total. The van der Waals surface area contributed by atoms with Gasteiger partial charge in [0.1, 0.15) is 23.0 Å². The lowest BCUT2D eigenvalue weighted by molar-refractivity contribution is -0.137. The number of aromatic nitrogens is 1. The Morgan fingerprint density at radius 2 is 2.00 bits per heavy atom. The maximum atomic E-state index is 12.4. The Balaban J connectivity index is 2.18. The van der Waals surface area contributed by atoms with Gasteiger partial charge in [-0.1, -0.05) is 6.92 Å². The second-order valence-corrected chi connectivity index (χ2v) is 5.74. The smallest absolute Gasteiger partial charge is 0.323 e. The summed E-state index contributed by atoms with van der Waals surface area (Å²) in [6.07, 6.45) is 0.689. The van der Waals surface area contributed by atoms with Gasteiger partial charge in [-0.2, -0.15) is 0 Å².